The summed E-state index contributed by atoms with van der Waals surface area (Å²) in [4.78, 5) is 13.2. The fourth-order valence-electron chi connectivity index (χ4n) is 1.17. The molecular weight excluding hydrogens is 229 g/mol. The van der Waals surface area contributed by atoms with Gasteiger partial charge < -0.3 is 10.2 Å². The topological polar surface area (TPSA) is 32.3 Å². The van der Waals surface area contributed by atoms with Gasteiger partial charge >= 0.3 is 0 Å². The Hall–Kier alpha value is 0.534. The van der Waals surface area contributed by atoms with Crippen LogP contribution in [0.4, 0.5) is 0 Å². The molecule has 1 radical (unpaired) electrons. The van der Waals surface area contributed by atoms with Crippen LogP contribution in [0.2, 0.25) is 0 Å². The number of amides is 1. The smallest absolute Gasteiger partial charge is 0.210 e. The second-order valence-electron chi connectivity index (χ2n) is 2.87. The number of carbonyl (C=O) groups excluding carboxylic acids is 1. The van der Waals surface area contributed by atoms with Gasteiger partial charge in [-0.2, -0.15) is 6.42 Å². The quantitative estimate of drug-likeness (QED) is 0.712. The van der Waals surface area contributed by atoms with Gasteiger partial charge in [0.2, 0.25) is 5.91 Å². The third-order valence-electron chi connectivity index (χ3n) is 2.04. The number of nitrogens with zero attached hydrogens (tertiary/aromatic N) is 1. The zero-order valence-corrected chi connectivity index (χ0v) is 10.5. The zero-order chi connectivity index (χ0) is 8.27. The molecule has 3 nitrogen and oxygen atoms in total. The number of hydrogen-bond acceptors (Lipinski definition) is 2. The SMILES string of the molecule is CNC(C)C(=O)N1[CH-]CCC1.[Y]. The molecule has 1 unspecified atom stereocenters. The zero-order valence-electron chi connectivity index (χ0n) is 7.71. The molecule has 67 valence electrons. The van der Waals surface area contributed by atoms with E-state index in [-0.39, 0.29) is 44.7 Å². The van der Waals surface area contributed by atoms with Crippen LogP contribution in [0.15, 0.2) is 0 Å². The van der Waals surface area contributed by atoms with Crippen LogP contribution in [-0.2, 0) is 37.5 Å². The van der Waals surface area contributed by atoms with Gasteiger partial charge in [0.25, 0.3) is 0 Å². The number of carbonyl (C=O) groups is 1. The molecule has 1 rings (SSSR count). The van der Waals surface area contributed by atoms with Crippen LogP contribution in [0.5, 0.6) is 0 Å². The first kappa shape index (κ1) is 12.5. The molecule has 0 bridgehead atoms. The summed E-state index contributed by atoms with van der Waals surface area (Å²) in [6, 6.07) is -0.0515. The van der Waals surface area contributed by atoms with Crippen LogP contribution in [0.25, 0.3) is 0 Å². The number of rotatable bonds is 2. The molecule has 1 saturated heterocycles. The number of hydrogen-bond donors (Lipinski definition) is 1. The summed E-state index contributed by atoms with van der Waals surface area (Å²) in [7, 11) is 1.80. The van der Waals surface area contributed by atoms with Crippen molar-refractivity contribution < 1.29 is 37.5 Å². The molecule has 0 spiro atoms. The van der Waals surface area contributed by atoms with Crippen molar-refractivity contribution in [1.82, 2.24) is 10.2 Å². The molecule has 0 aromatic rings. The normalized spacial score (nSPS) is 18.7. The van der Waals surface area contributed by atoms with Crippen LogP contribution < -0.4 is 5.32 Å². The van der Waals surface area contributed by atoms with Gasteiger partial charge in [-0.05, 0) is 20.5 Å². The molecular formula is C8H15N2OY-. The predicted molar refractivity (Wildman–Crippen MR) is 43.8 cm³/mol. The van der Waals surface area contributed by atoms with Crippen molar-refractivity contribution >= 4 is 5.91 Å². The molecule has 4 heteroatoms. The minimum atomic E-state index is -0.0515. The van der Waals surface area contributed by atoms with Crippen LogP contribution in [-0.4, -0.2) is 30.4 Å². The van der Waals surface area contributed by atoms with E-state index in [1.54, 1.807) is 11.9 Å². The Kier molecular flexibility index (Phi) is 6.33. The van der Waals surface area contributed by atoms with Gasteiger partial charge in [-0.15, -0.1) is 0 Å². The van der Waals surface area contributed by atoms with Crippen molar-refractivity contribution in [3.8, 4) is 0 Å². The maximum absolute atomic E-state index is 11.4. The fraction of sp³-hybridized carbons (Fsp3) is 0.750. The van der Waals surface area contributed by atoms with Gasteiger partial charge in [-0.1, -0.05) is 6.42 Å². The van der Waals surface area contributed by atoms with Crippen molar-refractivity contribution in [2.75, 3.05) is 13.6 Å². The van der Waals surface area contributed by atoms with E-state index in [1.807, 2.05) is 13.5 Å². The molecule has 12 heavy (non-hydrogen) atoms. The van der Waals surface area contributed by atoms with Crippen molar-refractivity contribution in [3.63, 3.8) is 0 Å². The first-order valence-corrected chi connectivity index (χ1v) is 4.07. The van der Waals surface area contributed by atoms with Crippen LogP contribution >= 0.6 is 0 Å². The summed E-state index contributed by atoms with van der Waals surface area (Å²) in [6.45, 7) is 4.76. The van der Waals surface area contributed by atoms with E-state index in [1.165, 1.54) is 0 Å². The van der Waals surface area contributed by atoms with Crippen molar-refractivity contribution in [2.45, 2.75) is 25.8 Å². The first-order valence-electron chi connectivity index (χ1n) is 4.07. The number of likely N-dealkylation sites (N-methyl/N-ethyl adjacent to an activating group) is 1. The molecule has 0 aliphatic carbocycles. The molecule has 0 saturated carbocycles. The second-order valence-corrected chi connectivity index (χ2v) is 2.87. The van der Waals surface area contributed by atoms with Crippen molar-refractivity contribution in [3.05, 3.63) is 6.54 Å². The Morgan fingerprint density at radius 3 is 2.75 bits per heavy atom. The summed E-state index contributed by atoms with van der Waals surface area (Å²) >= 11 is 0. The molecule has 0 aromatic carbocycles. The Balaban J connectivity index is 0.00000121. The van der Waals surface area contributed by atoms with Crippen molar-refractivity contribution in [1.29, 1.82) is 0 Å². The maximum Gasteiger partial charge on any atom is 0.210 e. The molecule has 1 N–H and O–H groups in total. The van der Waals surface area contributed by atoms with Gasteiger partial charge in [-0.3, -0.25) is 4.79 Å². The Labute approximate surface area is 99.1 Å². The third kappa shape index (κ3) is 3.11. The van der Waals surface area contributed by atoms with Crippen LogP contribution in [0.3, 0.4) is 0 Å². The molecule has 1 atom stereocenters. The summed E-state index contributed by atoms with van der Waals surface area (Å²) in [5.74, 6) is 0.185. The summed E-state index contributed by atoms with van der Waals surface area (Å²) in [5, 5.41) is 2.93. The van der Waals surface area contributed by atoms with Gasteiger partial charge in [0.15, 0.2) is 0 Å². The van der Waals surface area contributed by atoms with E-state index in [9.17, 15) is 4.79 Å². The minimum absolute atomic E-state index is 0. The Morgan fingerprint density at radius 1 is 1.67 bits per heavy atom. The van der Waals surface area contributed by atoms with Crippen LogP contribution in [0.1, 0.15) is 19.8 Å². The molecule has 1 heterocycles. The average molecular weight is 244 g/mol. The standard InChI is InChI=1S/C8H15N2O.Y/c1-7(9-2)8(11)10-5-3-4-6-10;/h5,7,9H,3-4,6H2,1-2H3;/q-1;. The molecule has 1 aliphatic rings. The van der Waals surface area contributed by atoms with E-state index in [0.717, 1.165) is 19.4 Å². The molecule has 0 aromatic heterocycles. The predicted octanol–water partition coefficient (Wildman–Crippen LogP) is 0.376. The second kappa shape index (κ2) is 6.06. The third-order valence-corrected chi connectivity index (χ3v) is 2.04. The van der Waals surface area contributed by atoms with E-state index in [4.69, 9.17) is 0 Å². The van der Waals surface area contributed by atoms with Crippen molar-refractivity contribution in [2.24, 2.45) is 0 Å². The summed E-state index contributed by atoms with van der Waals surface area (Å²) < 4.78 is 0. The molecule has 1 amide bonds. The first-order chi connectivity index (χ1) is 5.25. The summed E-state index contributed by atoms with van der Waals surface area (Å²) in [5.41, 5.74) is 0. The monoisotopic (exact) mass is 244 g/mol. The Bertz CT molecular complexity index is 146. The fourth-order valence-corrected chi connectivity index (χ4v) is 1.17. The molecule has 1 aliphatic heterocycles. The van der Waals surface area contributed by atoms with Gasteiger partial charge in [0.05, 0.1) is 6.04 Å². The van der Waals surface area contributed by atoms with Gasteiger partial charge in [-0.25, -0.2) is 6.54 Å². The van der Waals surface area contributed by atoms with Gasteiger partial charge in [0, 0.05) is 32.7 Å². The minimum Gasteiger partial charge on any atom is -0.492 e. The summed E-state index contributed by atoms with van der Waals surface area (Å²) in [6.07, 6.45) is 2.16. The largest absolute Gasteiger partial charge is 0.492 e. The van der Waals surface area contributed by atoms with E-state index >= 15 is 0 Å². The average Bonchev–Trinajstić information content (AvgIpc) is 2.53. The van der Waals surface area contributed by atoms with E-state index in [0.29, 0.717) is 0 Å². The number of likely N-dealkylation sites (tertiary alicyclic amines) is 1. The van der Waals surface area contributed by atoms with Crippen LogP contribution in [0, 0.1) is 6.54 Å². The van der Waals surface area contributed by atoms with Gasteiger partial charge in [0.1, 0.15) is 0 Å². The molecule has 1 fully saturated rings. The number of nitrogens with one attached hydrogen (secondary N) is 1. The maximum atomic E-state index is 11.4. The van der Waals surface area contributed by atoms with E-state index in [2.05, 4.69) is 5.32 Å². The van der Waals surface area contributed by atoms with E-state index < -0.39 is 0 Å². The Morgan fingerprint density at radius 2 is 2.33 bits per heavy atom.